The standard InChI is InChI=1S/C13H11ClN2O5S/c14-10-3-1-8(2-4-10)5-9-6-15-13(22(19,20)21)16-12(9)11(18)7-17/h1-7,12-13,16H,(H,19,20,21). The van der Waals surface area contributed by atoms with Crippen molar-refractivity contribution in [1.82, 2.24) is 5.32 Å². The molecule has 0 radical (unpaired) electrons. The summed E-state index contributed by atoms with van der Waals surface area (Å²) in [5.41, 5.74) is -0.718. The van der Waals surface area contributed by atoms with Crippen LogP contribution in [0.5, 0.6) is 0 Å². The molecule has 0 saturated carbocycles. The number of nitrogens with zero attached hydrogens (tertiary/aromatic N) is 1. The normalized spacial score (nSPS) is 23.5. The lowest BCUT2D eigenvalue weighted by molar-refractivity contribution is -0.130. The average Bonchev–Trinajstić information content (AvgIpc) is 2.48. The Morgan fingerprint density at radius 3 is 2.50 bits per heavy atom. The molecule has 2 unspecified atom stereocenters. The van der Waals surface area contributed by atoms with E-state index >= 15 is 0 Å². The zero-order chi connectivity index (χ0) is 16.3. The maximum Gasteiger partial charge on any atom is 0.302 e. The zero-order valence-electron chi connectivity index (χ0n) is 11.0. The average molecular weight is 343 g/mol. The fourth-order valence-electron chi connectivity index (χ4n) is 1.86. The predicted molar refractivity (Wildman–Crippen MR) is 81.3 cm³/mol. The Bertz CT molecular complexity index is 755. The third-order valence-corrected chi connectivity index (χ3v) is 3.96. The SMILES string of the molecule is O=CC(=O)C1NC(S(=O)(=O)O)N=CC1=Cc1ccc(Cl)cc1. The Hall–Kier alpha value is -1.87. The molecule has 2 N–H and O–H groups in total. The fraction of sp³-hybridized carbons (Fsp3) is 0.154. The van der Waals surface area contributed by atoms with E-state index in [4.69, 9.17) is 16.2 Å². The maximum absolute atomic E-state index is 11.7. The number of hydrogen-bond donors (Lipinski definition) is 2. The summed E-state index contributed by atoms with van der Waals surface area (Å²) in [5, 5.41) is 2.85. The highest BCUT2D eigenvalue weighted by atomic mass is 35.5. The first kappa shape index (κ1) is 16.5. The van der Waals surface area contributed by atoms with Gasteiger partial charge in [-0.25, -0.2) is 0 Å². The molecule has 1 aromatic carbocycles. The van der Waals surface area contributed by atoms with E-state index in [1.54, 1.807) is 30.3 Å². The Kier molecular flexibility index (Phi) is 4.87. The van der Waals surface area contributed by atoms with Gasteiger partial charge in [0.25, 0.3) is 0 Å². The topological polar surface area (TPSA) is 113 Å². The molecule has 1 aliphatic heterocycles. The van der Waals surface area contributed by atoms with Crippen molar-refractivity contribution in [2.45, 2.75) is 11.5 Å². The summed E-state index contributed by atoms with van der Waals surface area (Å²) < 4.78 is 31.2. The van der Waals surface area contributed by atoms with Gasteiger partial charge < -0.3 is 0 Å². The van der Waals surface area contributed by atoms with E-state index in [2.05, 4.69) is 10.3 Å². The second-order valence-electron chi connectivity index (χ2n) is 4.46. The van der Waals surface area contributed by atoms with Gasteiger partial charge in [0, 0.05) is 11.2 Å². The van der Waals surface area contributed by atoms with Crippen LogP contribution in [0.4, 0.5) is 0 Å². The van der Waals surface area contributed by atoms with Gasteiger partial charge >= 0.3 is 10.1 Å². The second kappa shape index (κ2) is 6.49. The molecule has 0 bridgehead atoms. The number of carbonyl (C=O) groups excluding carboxylic acids is 2. The van der Waals surface area contributed by atoms with Gasteiger partial charge in [0.2, 0.25) is 11.3 Å². The van der Waals surface area contributed by atoms with Crippen LogP contribution in [0.3, 0.4) is 0 Å². The molecule has 1 heterocycles. The predicted octanol–water partition coefficient (Wildman–Crippen LogP) is 0.705. The molecule has 2 rings (SSSR count). The molecular weight excluding hydrogens is 332 g/mol. The summed E-state index contributed by atoms with van der Waals surface area (Å²) >= 11 is 5.77. The lowest BCUT2D eigenvalue weighted by Crippen LogP contribution is -2.50. The number of ketones is 1. The van der Waals surface area contributed by atoms with Crippen LogP contribution >= 0.6 is 11.6 Å². The van der Waals surface area contributed by atoms with Gasteiger partial charge in [0.1, 0.15) is 6.04 Å². The number of benzene rings is 1. The minimum atomic E-state index is -4.52. The van der Waals surface area contributed by atoms with Crippen LogP contribution < -0.4 is 5.32 Å². The molecule has 0 saturated heterocycles. The first-order valence-corrected chi connectivity index (χ1v) is 7.91. The molecule has 0 aromatic heterocycles. The third kappa shape index (κ3) is 3.86. The van der Waals surface area contributed by atoms with Gasteiger partial charge in [-0.15, -0.1) is 0 Å². The highest BCUT2D eigenvalue weighted by Crippen LogP contribution is 2.17. The summed E-state index contributed by atoms with van der Waals surface area (Å²) in [6, 6.07) is 5.43. The van der Waals surface area contributed by atoms with Crippen LogP contribution in [0.15, 0.2) is 34.8 Å². The van der Waals surface area contributed by atoms with Crippen LogP contribution in [0.2, 0.25) is 5.02 Å². The lowest BCUT2D eigenvalue weighted by Gasteiger charge is -2.24. The van der Waals surface area contributed by atoms with E-state index in [9.17, 15) is 18.0 Å². The Labute approximate surface area is 131 Å². The zero-order valence-corrected chi connectivity index (χ0v) is 12.6. The van der Waals surface area contributed by atoms with Crippen LogP contribution in [-0.2, 0) is 19.7 Å². The minimum absolute atomic E-state index is 0.0770. The molecular formula is C13H11ClN2O5S. The van der Waals surface area contributed by atoms with Crippen molar-refractivity contribution >= 4 is 46.1 Å². The highest BCUT2D eigenvalue weighted by molar-refractivity contribution is 7.86. The highest BCUT2D eigenvalue weighted by Gasteiger charge is 2.33. The van der Waals surface area contributed by atoms with Crippen LogP contribution in [-0.4, -0.2) is 42.8 Å². The van der Waals surface area contributed by atoms with E-state index in [1.165, 1.54) is 0 Å². The maximum atomic E-state index is 11.7. The first-order chi connectivity index (χ1) is 10.3. The number of aliphatic imine (C=N–C) groups is 1. The molecule has 0 aliphatic carbocycles. The molecule has 116 valence electrons. The van der Waals surface area contributed by atoms with Crippen LogP contribution in [0.25, 0.3) is 6.08 Å². The number of nitrogens with one attached hydrogen (secondary N) is 1. The van der Waals surface area contributed by atoms with E-state index in [0.717, 1.165) is 6.21 Å². The van der Waals surface area contributed by atoms with E-state index in [1.807, 2.05) is 0 Å². The summed E-state index contributed by atoms with van der Waals surface area (Å²) in [6.45, 7) is 0. The third-order valence-electron chi connectivity index (χ3n) is 2.89. The number of hydrogen-bond acceptors (Lipinski definition) is 6. The van der Waals surface area contributed by atoms with Crippen molar-refractivity contribution in [3.63, 3.8) is 0 Å². The Morgan fingerprint density at radius 1 is 1.32 bits per heavy atom. The first-order valence-electron chi connectivity index (χ1n) is 6.03. The van der Waals surface area contributed by atoms with E-state index < -0.39 is 27.4 Å². The summed E-state index contributed by atoms with van der Waals surface area (Å²) in [6.07, 6.45) is 2.77. The molecule has 1 aliphatic rings. The van der Waals surface area contributed by atoms with Gasteiger partial charge in [-0.2, -0.15) is 8.42 Å². The largest absolute Gasteiger partial charge is 0.302 e. The van der Waals surface area contributed by atoms with Crippen molar-refractivity contribution < 1.29 is 22.6 Å². The summed E-state index contributed by atoms with van der Waals surface area (Å²) in [4.78, 5) is 26.0. The fourth-order valence-corrected chi connectivity index (χ4v) is 2.51. The quantitative estimate of drug-likeness (QED) is 0.473. The number of Topliss-reactive ketones (excluding diaryl/α,β-unsaturated/α-hetero) is 1. The number of carbonyl (C=O) groups is 2. The monoisotopic (exact) mass is 342 g/mol. The number of aldehydes is 1. The molecule has 7 nitrogen and oxygen atoms in total. The van der Waals surface area contributed by atoms with Gasteiger partial charge in [0.05, 0.1) is 0 Å². The molecule has 1 aromatic rings. The summed E-state index contributed by atoms with van der Waals surface area (Å²) in [7, 11) is -4.52. The van der Waals surface area contributed by atoms with E-state index in [0.29, 0.717) is 16.2 Å². The molecule has 0 spiro atoms. The molecule has 9 heteroatoms. The second-order valence-corrected chi connectivity index (χ2v) is 6.37. The van der Waals surface area contributed by atoms with Crippen molar-refractivity contribution in [3.8, 4) is 0 Å². The lowest BCUT2D eigenvalue weighted by atomic mass is 10.0. The van der Waals surface area contributed by atoms with Crippen molar-refractivity contribution in [1.29, 1.82) is 0 Å². The minimum Gasteiger partial charge on any atom is -0.295 e. The number of halogens is 1. The van der Waals surface area contributed by atoms with Gasteiger partial charge in [-0.05, 0) is 29.3 Å². The molecule has 22 heavy (non-hydrogen) atoms. The van der Waals surface area contributed by atoms with Crippen molar-refractivity contribution in [3.05, 3.63) is 40.4 Å². The molecule has 0 amide bonds. The van der Waals surface area contributed by atoms with E-state index in [-0.39, 0.29) is 6.29 Å². The van der Waals surface area contributed by atoms with Crippen LogP contribution in [0, 0.1) is 0 Å². The van der Waals surface area contributed by atoms with Crippen molar-refractivity contribution in [2.24, 2.45) is 4.99 Å². The van der Waals surface area contributed by atoms with Gasteiger partial charge in [-0.1, -0.05) is 23.7 Å². The van der Waals surface area contributed by atoms with Crippen LogP contribution in [0.1, 0.15) is 5.56 Å². The van der Waals surface area contributed by atoms with Gasteiger partial charge in [0.15, 0.2) is 6.29 Å². The summed E-state index contributed by atoms with van der Waals surface area (Å²) in [5.74, 6) is -0.875. The number of rotatable bonds is 4. The molecule has 2 atom stereocenters. The van der Waals surface area contributed by atoms with Crippen molar-refractivity contribution in [2.75, 3.05) is 0 Å². The molecule has 0 fully saturated rings. The van der Waals surface area contributed by atoms with Gasteiger partial charge in [-0.3, -0.25) is 24.5 Å². The Morgan fingerprint density at radius 2 is 1.95 bits per heavy atom. The Balaban J connectivity index is 2.41. The smallest absolute Gasteiger partial charge is 0.295 e.